The van der Waals surface area contributed by atoms with Crippen LogP contribution in [0.1, 0.15) is 23.2 Å². The number of carbonyl (C=O) groups is 1. The topological polar surface area (TPSA) is 58.4 Å². The van der Waals surface area contributed by atoms with Crippen LogP contribution < -0.4 is 0 Å². The van der Waals surface area contributed by atoms with Gasteiger partial charge in [-0.1, -0.05) is 48.5 Å². The molecule has 1 unspecified atom stereocenters. The number of β-amino-alcohol motifs (C(OH)–C–C–N with tert-alkyl or cyclic N) is 1. The predicted molar refractivity (Wildman–Crippen MR) is 100 cm³/mol. The van der Waals surface area contributed by atoms with Crippen LogP contribution in [0, 0.1) is 0 Å². The zero-order valence-electron chi connectivity index (χ0n) is 14.5. The molecule has 0 saturated carbocycles. The molecule has 2 aromatic carbocycles. The molecule has 26 heavy (non-hydrogen) atoms. The van der Waals surface area contributed by atoms with Gasteiger partial charge < -0.3 is 10.0 Å². The van der Waals surface area contributed by atoms with Gasteiger partial charge in [0.2, 0.25) is 0 Å². The SMILES string of the molecule is O=C(c1cn(-c2ccccc2)nc1-c1ccccc1)N1CCCC(O)C1. The molecule has 1 fully saturated rings. The van der Waals surface area contributed by atoms with Crippen LogP contribution in [-0.2, 0) is 0 Å². The van der Waals surface area contributed by atoms with E-state index in [1.165, 1.54) is 0 Å². The maximum absolute atomic E-state index is 13.1. The number of nitrogens with zero attached hydrogens (tertiary/aromatic N) is 3. The number of aromatic nitrogens is 2. The fourth-order valence-corrected chi connectivity index (χ4v) is 3.36. The molecule has 1 amide bonds. The zero-order valence-corrected chi connectivity index (χ0v) is 14.5. The number of aliphatic hydroxyl groups is 1. The monoisotopic (exact) mass is 347 g/mol. The Morgan fingerprint density at radius 1 is 1.04 bits per heavy atom. The van der Waals surface area contributed by atoms with E-state index in [4.69, 9.17) is 5.10 Å². The molecule has 0 bridgehead atoms. The molecule has 132 valence electrons. The Morgan fingerprint density at radius 2 is 1.73 bits per heavy atom. The lowest BCUT2D eigenvalue weighted by molar-refractivity contribution is 0.0474. The summed E-state index contributed by atoms with van der Waals surface area (Å²) in [7, 11) is 0. The first-order chi connectivity index (χ1) is 12.7. The van der Waals surface area contributed by atoms with E-state index in [0.717, 1.165) is 24.1 Å². The van der Waals surface area contributed by atoms with Crippen molar-refractivity contribution in [3.63, 3.8) is 0 Å². The van der Waals surface area contributed by atoms with Crippen LogP contribution in [0.2, 0.25) is 0 Å². The van der Waals surface area contributed by atoms with Crippen molar-refractivity contribution in [2.24, 2.45) is 0 Å². The Labute approximate surface area is 152 Å². The summed E-state index contributed by atoms with van der Waals surface area (Å²) in [6.07, 6.45) is 2.91. The van der Waals surface area contributed by atoms with Crippen LogP contribution in [-0.4, -0.2) is 44.9 Å². The quantitative estimate of drug-likeness (QED) is 0.792. The fourth-order valence-electron chi connectivity index (χ4n) is 3.36. The molecule has 3 aromatic rings. The average Bonchev–Trinajstić information content (AvgIpc) is 3.14. The van der Waals surface area contributed by atoms with Gasteiger partial charge in [0.15, 0.2) is 0 Å². The van der Waals surface area contributed by atoms with Gasteiger partial charge in [0.25, 0.3) is 5.91 Å². The summed E-state index contributed by atoms with van der Waals surface area (Å²) in [5.41, 5.74) is 3.04. The second-order valence-corrected chi connectivity index (χ2v) is 6.58. The Hall–Kier alpha value is -2.92. The molecule has 1 aliphatic rings. The highest BCUT2D eigenvalue weighted by Gasteiger charge is 2.27. The molecule has 1 atom stereocenters. The van der Waals surface area contributed by atoms with Gasteiger partial charge in [0, 0.05) is 24.8 Å². The van der Waals surface area contributed by atoms with Crippen LogP contribution in [0.15, 0.2) is 66.9 Å². The molecular formula is C21H21N3O2. The van der Waals surface area contributed by atoms with Gasteiger partial charge in [-0.2, -0.15) is 5.10 Å². The van der Waals surface area contributed by atoms with Crippen molar-refractivity contribution in [3.8, 4) is 16.9 Å². The Bertz CT molecular complexity index is 890. The second-order valence-electron chi connectivity index (χ2n) is 6.58. The Kier molecular flexibility index (Phi) is 4.54. The molecule has 1 N–H and O–H groups in total. The third-order valence-corrected chi connectivity index (χ3v) is 4.70. The number of para-hydroxylation sites is 1. The molecular weight excluding hydrogens is 326 g/mol. The summed E-state index contributed by atoms with van der Waals surface area (Å²) in [6.45, 7) is 1.05. The number of aliphatic hydroxyl groups excluding tert-OH is 1. The van der Waals surface area contributed by atoms with Crippen LogP contribution in [0.3, 0.4) is 0 Å². The summed E-state index contributed by atoms with van der Waals surface area (Å²) >= 11 is 0. The van der Waals surface area contributed by atoms with E-state index < -0.39 is 6.10 Å². The smallest absolute Gasteiger partial charge is 0.257 e. The summed E-state index contributed by atoms with van der Waals surface area (Å²) in [5, 5.41) is 14.6. The first kappa shape index (κ1) is 16.5. The van der Waals surface area contributed by atoms with E-state index >= 15 is 0 Å². The molecule has 2 heterocycles. The lowest BCUT2D eigenvalue weighted by Gasteiger charge is -2.30. The number of likely N-dealkylation sites (tertiary alicyclic amines) is 1. The van der Waals surface area contributed by atoms with Crippen molar-refractivity contribution < 1.29 is 9.90 Å². The van der Waals surface area contributed by atoms with Crippen molar-refractivity contribution in [1.29, 1.82) is 0 Å². The van der Waals surface area contributed by atoms with Gasteiger partial charge in [0.05, 0.1) is 17.4 Å². The molecule has 0 radical (unpaired) electrons. The Balaban J connectivity index is 1.77. The highest BCUT2D eigenvalue weighted by molar-refractivity contribution is 6.00. The van der Waals surface area contributed by atoms with Crippen LogP contribution in [0.4, 0.5) is 0 Å². The summed E-state index contributed by atoms with van der Waals surface area (Å²) in [5.74, 6) is -0.0789. The van der Waals surface area contributed by atoms with Gasteiger partial charge in [-0.05, 0) is 25.0 Å². The normalized spacial score (nSPS) is 17.3. The van der Waals surface area contributed by atoms with Gasteiger partial charge >= 0.3 is 0 Å². The first-order valence-corrected chi connectivity index (χ1v) is 8.90. The molecule has 5 nitrogen and oxygen atoms in total. The van der Waals surface area contributed by atoms with Crippen LogP contribution >= 0.6 is 0 Å². The maximum atomic E-state index is 13.1. The van der Waals surface area contributed by atoms with Crippen molar-refractivity contribution in [1.82, 2.24) is 14.7 Å². The minimum Gasteiger partial charge on any atom is -0.391 e. The van der Waals surface area contributed by atoms with Crippen LogP contribution in [0.25, 0.3) is 16.9 Å². The highest BCUT2D eigenvalue weighted by atomic mass is 16.3. The van der Waals surface area contributed by atoms with Crippen molar-refractivity contribution in [3.05, 3.63) is 72.4 Å². The van der Waals surface area contributed by atoms with Crippen molar-refractivity contribution in [2.75, 3.05) is 13.1 Å². The third kappa shape index (κ3) is 3.26. The van der Waals surface area contributed by atoms with E-state index in [2.05, 4.69) is 0 Å². The van der Waals surface area contributed by atoms with E-state index in [9.17, 15) is 9.90 Å². The maximum Gasteiger partial charge on any atom is 0.257 e. The van der Waals surface area contributed by atoms with E-state index in [1.54, 1.807) is 15.8 Å². The first-order valence-electron chi connectivity index (χ1n) is 8.90. The lowest BCUT2D eigenvalue weighted by Crippen LogP contribution is -2.42. The van der Waals surface area contributed by atoms with Crippen molar-refractivity contribution >= 4 is 5.91 Å². The molecule has 1 aromatic heterocycles. The number of carbonyl (C=O) groups excluding carboxylic acids is 1. The predicted octanol–water partition coefficient (Wildman–Crippen LogP) is 3.14. The number of hydrogen-bond acceptors (Lipinski definition) is 3. The van der Waals surface area contributed by atoms with Gasteiger partial charge in [-0.25, -0.2) is 4.68 Å². The van der Waals surface area contributed by atoms with E-state index in [1.807, 2.05) is 60.7 Å². The molecule has 0 spiro atoms. The number of hydrogen-bond donors (Lipinski definition) is 1. The van der Waals surface area contributed by atoms with E-state index in [-0.39, 0.29) is 5.91 Å². The molecule has 4 rings (SSSR count). The van der Waals surface area contributed by atoms with Crippen molar-refractivity contribution in [2.45, 2.75) is 18.9 Å². The van der Waals surface area contributed by atoms with Gasteiger partial charge in [-0.15, -0.1) is 0 Å². The zero-order chi connectivity index (χ0) is 17.9. The fraction of sp³-hybridized carbons (Fsp3) is 0.238. The summed E-state index contributed by atoms with van der Waals surface area (Å²) in [4.78, 5) is 14.9. The average molecular weight is 347 g/mol. The third-order valence-electron chi connectivity index (χ3n) is 4.70. The lowest BCUT2D eigenvalue weighted by atomic mass is 10.0. The van der Waals surface area contributed by atoms with Crippen LogP contribution in [0.5, 0.6) is 0 Å². The molecule has 0 aliphatic carbocycles. The minimum absolute atomic E-state index is 0.0789. The standard InChI is InChI=1S/C21H21N3O2/c25-18-12-7-13-23(14-18)21(26)19-15-24(17-10-5-2-6-11-17)22-20(19)16-8-3-1-4-9-16/h1-6,8-11,15,18,25H,7,12-14H2. The number of piperidine rings is 1. The van der Waals surface area contributed by atoms with E-state index in [0.29, 0.717) is 24.3 Å². The summed E-state index contributed by atoms with van der Waals surface area (Å²) < 4.78 is 1.75. The van der Waals surface area contributed by atoms with Gasteiger partial charge in [-0.3, -0.25) is 4.79 Å². The van der Waals surface area contributed by atoms with Gasteiger partial charge in [0.1, 0.15) is 5.69 Å². The largest absolute Gasteiger partial charge is 0.391 e. The molecule has 5 heteroatoms. The summed E-state index contributed by atoms with van der Waals surface area (Å²) in [6, 6.07) is 19.5. The number of amides is 1. The number of benzene rings is 2. The second kappa shape index (κ2) is 7.14. The molecule has 1 aliphatic heterocycles. The number of rotatable bonds is 3. The minimum atomic E-state index is -0.447. The highest BCUT2D eigenvalue weighted by Crippen LogP contribution is 2.26. The molecule has 1 saturated heterocycles. The Morgan fingerprint density at radius 3 is 2.42 bits per heavy atom.